The summed E-state index contributed by atoms with van der Waals surface area (Å²) in [5, 5.41) is 9.63. The number of aliphatic carboxylic acids is 1. The van der Waals surface area contributed by atoms with Gasteiger partial charge in [-0.15, -0.1) is 0 Å². The quantitative estimate of drug-likeness (QED) is 0.782. The molecule has 138 valence electrons. The summed E-state index contributed by atoms with van der Waals surface area (Å²) < 4.78 is 6.48. The Morgan fingerprint density at radius 1 is 1.28 bits per heavy atom. The van der Waals surface area contributed by atoms with E-state index in [1.165, 1.54) is 5.56 Å². The van der Waals surface area contributed by atoms with Crippen LogP contribution < -0.4 is 0 Å². The maximum absolute atomic E-state index is 11.5. The molecular weight excluding hydrogens is 330 g/mol. The lowest BCUT2D eigenvalue weighted by molar-refractivity contribution is -0.139. The molecule has 0 aromatic heterocycles. The van der Waals surface area contributed by atoms with Gasteiger partial charge in [-0.25, -0.2) is 0 Å². The van der Waals surface area contributed by atoms with Gasteiger partial charge in [0.15, 0.2) is 8.32 Å². The van der Waals surface area contributed by atoms with E-state index in [-0.39, 0.29) is 22.9 Å². The normalized spacial score (nSPS) is 29.5. The van der Waals surface area contributed by atoms with Crippen LogP contribution in [0, 0.1) is 17.8 Å². The van der Waals surface area contributed by atoms with Crippen LogP contribution >= 0.6 is 0 Å². The lowest BCUT2D eigenvalue weighted by Crippen LogP contribution is -2.46. The van der Waals surface area contributed by atoms with E-state index in [0.29, 0.717) is 12.5 Å². The first-order chi connectivity index (χ1) is 11.6. The van der Waals surface area contributed by atoms with Crippen molar-refractivity contribution in [1.29, 1.82) is 0 Å². The maximum atomic E-state index is 11.5. The van der Waals surface area contributed by atoms with Gasteiger partial charge in [0.25, 0.3) is 0 Å². The van der Waals surface area contributed by atoms with Crippen LogP contribution in [0.5, 0.6) is 0 Å². The van der Waals surface area contributed by atoms with Gasteiger partial charge in [-0.05, 0) is 35.5 Å². The molecule has 0 spiro atoms. The third-order valence-electron chi connectivity index (χ3n) is 6.52. The van der Waals surface area contributed by atoms with Gasteiger partial charge in [0.1, 0.15) is 0 Å². The summed E-state index contributed by atoms with van der Waals surface area (Å²) in [6.07, 6.45) is 0. The number of hydrogen-bond donors (Lipinski definition) is 1. The molecule has 5 heteroatoms. The highest BCUT2D eigenvalue weighted by Gasteiger charge is 2.64. The van der Waals surface area contributed by atoms with E-state index in [9.17, 15) is 9.90 Å². The smallest absolute Gasteiger partial charge is 0.307 e. The minimum atomic E-state index is -1.83. The number of fused-ring (bicyclic) bond motifs is 1. The first-order valence-electron chi connectivity index (χ1n) is 9.26. The number of nitrogens with zero attached hydrogens (tertiary/aromatic N) is 1. The van der Waals surface area contributed by atoms with Gasteiger partial charge in [-0.3, -0.25) is 9.69 Å². The minimum Gasteiger partial charge on any atom is -0.481 e. The molecule has 4 nitrogen and oxygen atoms in total. The molecule has 1 saturated carbocycles. The molecule has 1 aromatic carbocycles. The van der Waals surface area contributed by atoms with Gasteiger partial charge >= 0.3 is 5.97 Å². The second-order valence-electron chi connectivity index (χ2n) is 9.16. The number of rotatable bonds is 6. The van der Waals surface area contributed by atoms with E-state index in [4.69, 9.17) is 4.43 Å². The van der Waals surface area contributed by atoms with Crippen molar-refractivity contribution in [2.75, 3.05) is 13.2 Å². The largest absolute Gasteiger partial charge is 0.481 e. The predicted octanol–water partition coefficient (Wildman–Crippen LogP) is 3.84. The van der Waals surface area contributed by atoms with Crippen molar-refractivity contribution >= 4 is 14.3 Å². The van der Waals surface area contributed by atoms with Crippen LogP contribution in [0.1, 0.15) is 26.3 Å². The highest BCUT2D eigenvalue weighted by molar-refractivity contribution is 6.74. The predicted molar refractivity (Wildman–Crippen MR) is 102 cm³/mol. The molecule has 1 unspecified atom stereocenters. The number of likely N-dealkylation sites (tertiary alicyclic amines) is 1. The van der Waals surface area contributed by atoms with Crippen molar-refractivity contribution in [2.45, 2.75) is 51.5 Å². The Hall–Kier alpha value is -1.17. The fourth-order valence-corrected chi connectivity index (χ4v) is 4.90. The second-order valence-corrected chi connectivity index (χ2v) is 14.0. The SMILES string of the molecule is CC(C)(C)[Si](C)(C)OCC1[C@@H]2[C@H](CN1Cc1ccccc1)[C@H]2C(=O)O. The van der Waals surface area contributed by atoms with E-state index < -0.39 is 14.3 Å². The molecule has 1 saturated heterocycles. The van der Waals surface area contributed by atoms with Crippen molar-refractivity contribution in [3.63, 3.8) is 0 Å². The van der Waals surface area contributed by atoms with Crippen molar-refractivity contribution in [3.05, 3.63) is 35.9 Å². The zero-order chi connectivity index (χ0) is 18.4. The Morgan fingerprint density at radius 3 is 2.48 bits per heavy atom. The molecular formula is C20H31NO3Si. The number of piperidine rings is 1. The number of benzene rings is 1. The fourth-order valence-electron chi connectivity index (χ4n) is 3.88. The average molecular weight is 362 g/mol. The Kier molecular flexibility index (Phi) is 4.86. The second kappa shape index (κ2) is 6.52. The van der Waals surface area contributed by atoms with Gasteiger partial charge in [-0.2, -0.15) is 0 Å². The molecule has 1 aliphatic carbocycles. The highest BCUT2D eigenvalue weighted by Crippen LogP contribution is 2.56. The average Bonchev–Trinajstić information content (AvgIpc) is 3.11. The first kappa shape index (κ1) is 18.6. The molecule has 0 bridgehead atoms. The molecule has 3 rings (SSSR count). The number of carboxylic acid groups (broad SMARTS) is 1. The van der Waals surface area contributed by atoms with Gasteiger partial charge < -0.3 is 9.53 Å². The van der Waals surface area contributed by atoms with Gasteiger partial charge in [0.05, 0.1) is 5.92 Å². The highest BCUT2D eigenvalue weighted by atomic mass is 28.4. The van der Waals surface area contributed by atoms with E-state index in [1.807, 2.05) is 6.07 Å². The summed E-state index contributed by atoms with van der Waals surface area (Å²) in [7, 11) is -1.83. The minimum absolute atomic E-state index is 0.167. The monoisotopic (exact) mass is 361 g/mol. The number of carboxylic acids is 1. The van der Waals surface area contributed by atoms with Crippen LogP contribution in [0.25, 0.3) is 0 Å². The summed E-state index contributed by atoms with van der Waals surface area (Å²) in [6, 6.07) is 10.7. The maximum Gasteiger partial charge on any atom is 0.307 e. The van der Waals surface area contributed by atoms with Crippen molar-refractivity contribution in [3.8, 4) is 0 Å². The van der Waals surface area contributed by atoms with Crippen molar-refractivity contribution in [1.82, 2.24) is 4.90 Å². The van der Waals surface area contributed by atoms with Gasteiger partial charge in [0, 0.05) is 25.7 Å². The summed E-state index contributed by atoms with van der Waals surface area (Å²) in [4.78, 5) is 13.9. The third-order valence-corrected chi connectivity index (χ3v) is 11.0. The van der Waals surface area contributed by atoms with E-state index >= 15 is 0 Å². The zero-order valence-corrected chi connectivity index (χ0v) is 17.0. The Bertz CT molecular complexity index is 626. The van der Waals surface area contributed by atoms with Crippen LogP contribution in [0.3, 0.4) is 0 Å². The summed E-state index contributed by atoms with van der Waals surface area (Å²) in [5.74, 6) is -0.244. The van der Waals surface area contributed by atoms with E-state index in [1.54, 1.807) is 0 Å². The fraction of sp³-hybridized carbons (Fsp3) is 0.650. The standard InChI is InChI=1S/C20H31NO3Si/c1-20(2,3)25(4,5)24-13-16-17-15(18(17)19(22)23)12-21(16)11-14-9-7-6-8-10-14/h6-10,15-18H,11-13H2,1-5H3,(H,22,23)/t15-,16?,17-,18+/m0/s1. The molecule has 1 aromatic rings. The van der Waals surface area contributed by atoms with E-state index in [2.05, 4.69) is 63.0 Å². The Morgan fingerprint density at radius 2 is 1.92 bits per heavy atom. The van der Waals surface area contributed by atoms with E-state index in [0.717, 1.165) is 13.1 Å². The van der Waals surface area contributed by atoms with Crippen LogP contribution in [0.15, 0.2) is 30.3 Å². The van der Waals surface area contributed by atoms with Crippen molar-refractivity contribution < 1.29 is 14.3 Å². The lowest BCUT2D eigenvalue weighted by atomic mass is 10.1. The Labute approximate surface area is 152 Å². The molecule has 25 heavy (non-hydrogen) atoms. The third kappa shape index (κ3) is 3.69. The molecule has 2 aliphatic rings. The molecule has 1 aliphatic heterocycles. The van der Waals surface area contributed by atoms with Gasteiger partial charge in [0.2, 0.25) is 0 Å². The van der Waals surface area contributed by atoms with Crippen LogP contribution in [-0.4, -0.2) is 43.5 Å². The molecule has 0 radical (unpaired) electrons. The lowest BCUT2D eigenvalue weighted by Gasteiger charge is -2.38. The first-order valence-corrected chi connectivity index (χ1v) is 12.2. The van der Waals surface area contributed by atoms with Crippen LogP contribution in [0.2, 0.25) is 18.1 Å². The molecule has 1 heterocycles. The topological polar surface area (TPSA) is 49.8 Å². The number of carbonyl (C=O) groups is 1. The summed E-state index contributed by atoms with van der Waals surface area (Å²) in [5.41, 5.74) is 1.29. The number of hydrogen-bond acceptors (Lipinski definition) is 3. The van der Waals surface area contributed by atoms with Crippen LogP contribution in [0.4, 0.5) is 0 Å². The Balaban J connectivity index is 1.70. The summed E-state index contributed by atoms with van der Waals surface area (Å²) in [6.45, 7) is 13.7. The van der Waals surface area contributed by atoms with Gasteiger partial charge in [-0.1, -0.05) is 51.1 Å². The molecule has 4 atom stereocenters. The molecule has 1 N–H and O–H groups in total. The molecule has 2 fully saturated rings. The van der Waals surface area contributed by atoms with Crippen LogP contribution in [-0.2, 0) is 15.8 Å². The summed E-state index contributed by atoms with van der Waals surface area (Å²) >= 11 is 0. The molecule has 0 amide bonds. The van der Waals surface area contributed by atoms with Crippen molar-refractivity contribution in [2.24, 2.45) is 17.8 Å². The zero-order valence-electron chi connectivity index (χ0n) is 16.0.